The highest BCUT2D eigenvalue weighted by molar-refractivity contribution is 5.98. The molecule has 1 aliphatic rings. The van der Waals surface area contributed by atoms with Gasteiger partial charge in [-0.2, -0.15) is 0 Å². The molecule has 3 rings (SSSR count). The molecule has 4 atom stereocenters. The zero-order chi connectivity index (χ0) is 27.1. The zero-order valence-electron chi connectivity index (χ0n) is 20.9. The average Bonchev–Trinajstić information content (AvgIpc) is 2.91. The molecule has 3 heterocycles. The number of methoxy groups -OCH3 is 1. The number of rotatable bonds is 7. The van der Waals surface area contributed by atoms with Crippen molar-refractivity contribution in [3.05, 3.63) is 48.0 Å². The molecule has 1 aliphatic heterocycles. The van der Waals surface area contributed by atoms with Crippen molar-refractivity contribution in [1.29, 1.82) is 0 Å². The van der Waals surface area contributed by atoms with Crippen LogP contribution in [0.15, 0.2) is 36.8 Å². The van der Waals surface area contributed by atoms with Crippen LogP contribution in [0.2, 0.25) is 0 Å². The highest BCUT2D eigenvalue weighted by Gasteiger charge is 2.42. The van der Waals surface area contributed by atoms with Gasteiger partial charge in [0.2, 0.25) is 0 Å². The van der Waals surface area contributed by atoms with E-state index in [1.807, 2.05) is 0 Å². The van der Waals surface area contributed by atoms with Gasteiger partial charge in [-0.05, 0) is 25.0 Å². The second-order valence-electron chi connectivity index (χ2n) is 8.74. The van der Waals surface area contributed by atoms with Crippen LogP contribution in [-0.4, -0.2) is 70.9 Å². The summed E-state index contributed by atoms with van der Waals surface area (Å²) in [5.74, 6) is -5.22. The topological polar surface area (TPSA) is 163 Å². The molecule has 2 aromatic heterocycles. The van der Waals surface area contributed by atoms with Crippen LogP contribution in [-0.2, 0) is 35.0 Å². The van der Waals surface area contributed by atoms with Gasteiger partial charge in [-0.3, -0.25) is 19.4 Å². The van der Waals surface area contributed by atoms with Gasteiger partial charge in [0.1, 0.15) is 18.6 Å². The van der Waals surface area contributed by atoms with E-state index in [0.29, 0.717) is 5.56 Å². The van der Waals surface area contributed by atoms with Crippen LogP contribution in [0.3, 0.4) is 0 Å². The van der Waals surface area contributed by atoms with Crippen LogP contribution < -0.4 is 10.1 Å². The Balaban J connectivity index is 1.87. The van der Waals surface area contributed by atoms with Crippen LogP contribution >= 0.6 is 0 Å². The van der Waals surface area contributed by atoms with Gasteiger partial charge in [-0.15, -0.1) is 0 Å². The first-order valence-corrected chi connectivity index (χ1v) is 11.6. The second kappa shape index (κ2) is 12.2. The average molecular weight is 516 g/mol. The molecule has 2 aromatic rings. The van der Waals surface area contributed by atoms with Gasteiger partial charge in [-0.1, -0.05) is 19.9 Å². The van der Waals surface area contributed by atoms with E-state index in [9.17, 15) is 24.3 Å². The molecule has 1 fully saturated rings. The summed E-state index contributed by atoms with van der Waals surface area (Å²) in [4.78, 5) is 59.2. The molecule has 37 heavy (non-hydrogen) atoms. The number of pyridine rings is 2. The number of carbonyl (C=O) groups is 4. The molecule has 198 valence electrons. The Bertz CT molecular complexity index is 1140. The van der Waals surface area contributed by atoms with E-state index in [1.54, 1.807) is 38.4 Å². The first-order valence-electron chi connectivity index (χ1n) is 11.6. The van der Waals surface area contributed by atoms with Crippen LogP contribution in [0, 0.1) is 11.8 Å². The first kappa shape index (κ1) is 27.4. The molecule has 0 aliphatic carbocycles. The van der Waals surface area contributed by atoms with Crippen LogP contribution in [0.4, 0.5) is 0 Å². The Hall–Kier alpha value is -4.22. The number of hydrogen-bond acceptors (Lipinski definition) is 11. The molecule has 0 bridgehead atoms. The van der Waals surface area contributed by atoms with E-state index in [4.69, 9.17) is 18.9 Å². The molecule has 1 amide bonds. The van der Waals surface area contributed by atoms with Gasteiger partial charge in [0.05, 0.1) is 13.0 Å². The first-order chi connectivity index (χ1) is 17.6. The summed E-state index contributed by atoms with van der Waals surface area (Å²) in [7, 11) is 1.30. The monoisotopic (exact) mass is 515 g/mol. The van der Waals surface area contributed by atoms with Crippen molar-refractivity contribution in [2.75, 3.05) is 13.7 Å². The molecule has 0 aromatic carbocycles. The number of hydrogen-bond donors (Lipinski definition) is 2. The summed E-state index contributed by atoms with van der Waals surface area (Å²) in [6, 6.07) is 3.37. The van der Waals surface area contributed by atoms with Crippen molar-refractivity contribution in [3.63, 3.8) is 0 Å². The standard InChI is InChI=1S/C25H29N3O9/c1-13(2)23(31)37-21-14(3)36-25(33)17(28-22(30)19-20(29)18(34-4)7-9-27-19)12-35-24(32)16(21)10-15-6-5-8-26-11-15/h5-9,11,13-14,16-17,21,29H,10,12H2,1-4H3,(H,28,30). The lowest BCUT2D eigenvalue weighted by atomic mass is 9.91. The summed E-state index contributed by atoms with van der Waals surface area (Å²) >= 11 is 0. The van der Waals surface area contributed by atoms with Gasteiger partial charge in [0.25, 0.3) is 5.91 Å². The normalized spacial score (nSPS) is 22.1. The van der Waals surface area contributed by atoms with E-state index < -0.39 is 72.0 Å². The number of aromatic nitrogens is 2. The second-order valence-corrected chi connectivity index (χ2v) is 8.74. The molecule has 0 radical (unpaired) electrons. The molecule has 1 saturated heterocycles. The van der Waals surface area contributed by atoms with Crippen molar-refractivity contribution < 1.29 is 43.2 Å². The van der Waals surface area contributed by atoms with Crippen molar-refractivity contribution in [2.24, 2.45) is 11.8 Å². The fraction of sp³-hybridized carbons (Fsp3) is 0.440. The Kier molecular flexibility index (Phi) is 8.99. The molecule has 0 spiro atoms. The molecule has 0 saturated carbocycles. The zero-order valence-corrected chi connectivity index (χ0v) is 20.9. The summed E-state index contributed by atoms with van der Waals surface area (Å²) in [5, 5.41) is 12.6. The minimum absolute atomic E-state index is 0.00490. The van der Waals surface area contributed by atoms with Crippen molar-refractivity contribution in [3.8, 4) is 11.5 Å². The number of amides is 1. The minimum Gasteiger partial charge on any atom is -0.503 e. The van der Waals surface area contributed by atoms with Gasteiger partial charge in [0, 0.05) is 24.7 Å². The Morgan fingerprint density at radius 2 is 1.97 bits per heavy atom. The fourth-order valence-electron chi connectivity index (χ4n) is 3.65. The maximum Gasteiger partial charge on any atom is 0.332 e. The molecule has 12 heteroatoms. The number of aromatic hydroxyl groups is 1. The third-order valence-electron chi connectivity index (χ3n) is 5.67. The summed E-state index contributed by atoms with van der Waals surface area (Å²) < 4.78 is 21.5. The number of cyclic esters (lactones) is 2. The smallest absolute Gasteiger partial charge is 0.332 e. The minimum atomic E-state index is -1.43. The van der Waals surface area contributed by atoms with Crippen LogP contribution in [0.5, 0.6) is 11.5 Å². The predicted octanol–water partition coefficient (Wildman–Crippen LogP) is 1.20. The lowest BCUT2D eigenvalue weighted by Gasteiger charge is -2.29. The van der Waals surface area contributed by atoms with Gasteiger partial charge in [0.15, 0.2) is 29.3 Å². The summed E-state index contributed by atoms with van der Waals surface area (Å²) in [5.41, 5.74) is 0.279. The number of esters is 3. The van der Waals surface area contributed by atoms with E-state index in [-0.39, 0.29) is 12.2 Å². The number of nitrogens with zero attached hydrogens (tertiary/aromatic N) is 2. The van der Waals surface area contributed by atoms with E-state index in [2.05, 4.69) is 15.3 Å². The van der Waals surface area contributed by atoms with Crippen LogP contribution in [0.25, 0.3) is 0 Å². The van der Waals surface area contributed by atoms with Gasteiger partial charge >= 0.3 is 17.9 Å². The summed E-state index contributed by atoms with van der Waals surface area (Å²) in [6.07, 6.45) is 2.26. The lowest BCUT2D eigenvalue weighted by molar-refractivity contribution is -0.176. The maximum atomic E-state index is 13.2. The van der Waals surface area contributed by atoms with Gasteiger partial charge in [-0.25, -0.2) is 9.78 Å². The van der Waals surface area contributed by atoms with E-state index in [1.165, 1.54) is 26.3 Å². The van der Waals surface area contributed by atoms with Gasteiger partial charge < -0.3 is 29.4 Å². The predicted molar refractivity (Wildman–Crippen MR) is 126 cm³/mol. The van der Waals surface area contributed by atoms with E-state index in [0.717, 1.165) is 0 Å². The number of ether oxygens (including phenoxy) is 4. The molecule has 4 unspecified atom stereocenters. The Morgan fingerprint density at radius 1 is 1.22 bits per heavy atom. The number of carbonyl (C=O) groups excluding carboxylic acids is 4. The quantitative estimate of drug-likeness (QED) is 0.402. The highest BCUT2D eigenvalue weighted by atomic mass is 16.6. The Labute approximate surface area is 213 Å². The molecule has 12 nitrogen and oxygen atoms in total. The maximum absolute atomic E-state index is 13.2. The van der Waals surface area contributed by atoms with E-state index >= 15 is 0 Å². The third-order valence-corrected chi connectivity index (χ3v) is 5.67. The number of nitrogens with one attached hydrogen (secondary N) is 1. The molecular formula is C25H29N3O9. The Morgan fingerprint density at radius 3 is 2.62 bits per heavy atom. The van der Waals surface area contributed by atoms with Crippen molar-refractivity contribution in [2.45, 2.75) is 45.4 Å². The van der Waals surface area contributed by atoms with Crippen LogP contribution in [0.1, 0.15) is 36.8 Å². The SMILES string of the molecule is COc1ccnc(C(=O)NC2COC(=O)C(Cc3cccnc3)C(OC(=O)C(C)C)C(C)OC2=O)c1O. The molecular weight excluding hydrogens is 486 g/mol. The lowest BCUT2D eigenvalue weighted by Crippen LogP contribution is -2.47. The largest absolute Gasteiger partial charge is 0.503 e. The van der Waals surface area contributed by atoms with Crippen molar-refractivity contribution >= 4 is 23.8 Å². The summed E-state index contributed by atoms with van der Waals surface area (Å²) in [6.45, 7) is 4.20. The van der Waals surface area contributed by atoms with Crippen molar-refractivity contribution in [1.82, 2.24) is 15.3 Å². The highest BCUT2D eigenvalue weighted by Crippen LogP contribution is 2.28. The molecule has 2 N–H and O–H groups in total. The third kappa shape index (κ3) is 6.72. The fourth-order valence-corrected chi connectivity index (χ4v) is 3.65.